The van der Waals surface area contributed by atoms with Gasteiger partial charge in [0.15, 0.2) is 5.82 Å². The Labute approximate surface area is 122 Å². The first kappa shape index (κ1) is 15.0. The van der Waals surface area contributed by atoms with Gasteiger partial charge < -0.3 is 0 Å². The molecule has 1 heterocycles. The molecule has 6 nitrogen and oxygen atoms in total. The molecular formula is C12H15ClN4O2S. The second-order valence-corrected chi connectivity index (χ2v) is 6.28. The van der Waals surface area contributed by atoms with Gasteiger partial charge in [-0.3, -0.25) is 4.57 Å². The second-order valence-electron chi connectivity index (χ2n) is 4.42. The highest BCUT2D eigenvalue weighted by Gasteiger charge is 2.22. The van der Waals surface area contributed by atoms with Crippen LogP contribution in [0.15, 0.2) is 23.4 Å². The van der Waals surface area contributed by atoms with Crippen LogP contribution in [0.2, 0.25) is 5.02 Å². The van der Waals surface area contributed by atoms with Crippen LogP contribution in [0.3, 0.4) is 0 Å². The van der Waals surface area contributed by atoms with Crippen LogP contribution >= 0.6 is 11.6 Å². The molecule has 0 aliphatic carbocycles. The fraction of sp³-hybridized carbons (Fsp3) is 0.333. The van der Waals surface area contributed by atoms with E-state index >= 15 is 0 Å². The van der Waals surface area contributed by atoms with E-state index in [2.05, 4.69) is 10.2 Å². The molecule has 0 fully saturated rings. The Bertz CT molecular complexity index is 740. The highest BCUT2D eigenvalue weighted by molar-refractivity contribution is 7.89. The molecule has 0 unspecified atom stereocenters. The lowest BCUT2D eigenvalue weighted by atomic mass is 10.1. The van der Waals surface area contributed by atoms with Crippen LogP contribution < -0.4 is 5.14 Å². The third-order valence-electron chi connectivity index (χ3n) is 2.93. The Hall–Kier alpha value is -1.44. The van der Waals surface area contributed by atoms with Gasteiger partial charge in [0.25, 0.3) is 15.2 Å². The number of hydrogen-bond acceptors (Lipinski definition) is 4. The summed E-state index contributed by atoms with van der Waals surface area (Å²) in [5.74, 6) is 0.455. The summed E-state index contributed by atoms with van der Waals surface area (Å²) in [6.07, 6.45) is 0.729. The van der Waals surface area contributed by atoms with Crippen molar-refractivity contribution >= 4 is 21.6 Å². The number of rotatable bonds is 4. The predicted octanol–water partition coefficient (Wildman–Crippen LogP) is 1.96. The van der Waals surface area contributed by atoms with Gasteiger partial charge in [-0.25, -0.2) is 13.6 Å². The summed E-state index contributed by atoms with van der Waals surface area (Å²) < 4.78 is 24.6. The Morgan fingerprint density at radius 2 is 2.05 bits per heavy atom. The van der Waals surface area contributed by atoms with Gasteiger partial charge >= 0.3 is 0 Å². The van der Waals surface area contributed by atoms with E-state index in [9.17, 15) is 8.42 Å². The molecule has 0 saturated heterocycles. The van der Waals surface area contributed by atoms with Crippen molar-refractivity contribution in [2.45, 2.75) is 32.0 Å². The van der Waals surface area contributed by atoms with Gasteiger partial charge in [-0.05, 0) is 25.0 Å². The average Bonchev–Trinajstić information content (AvgIpc) is 2.77. The van der Waals surface area contributed by atoms with Crippen molar-refractivity contribution < 1.29 is 8.42 Å². The van der Waals surface area contributed by atoms with Crippen molar-refractivity contribution in [3.8, 4) is 11.4 Å². The number of nitrogens with zero attached hydrogens (tertiary/aromatic N) is 3. The number of nitrogens with two attached hydrogens (primary N) is 1. The van der Waals surface area contributed by atoms with Gasteiger partial charge in [-0.15, -0.1) is 10.2 Å². The minimum Gasteiger partial charge on any atom is -0.297 e. The molecule has 20 heavy (non-hydrogen) atoms. The molecule has 0 amide bonds. The number of primary sulfonamides is 1. The summed E-state index contributed by atoms with van der Waals surface area (Å²) in [6.45, 7) is 4.24. The Morgan fingerprint density at radius 1 is 1.35 bits per heavy atom. The summed E-state index contributed by atoms with van der Waals surface area (Å²) in [7, 11) is -3.91. The van der Waals surface area contributed by atoms with E-state index in [1.807, 2.05) is 19.9 Å². The summed E-state index contributed by atoms with van der Waals surface area (Å²) in [5.41, 5.74) is 1.56. The summed E-state index contributed by atoms with van der Waals surface area (Å²) in [4.78, 5) is 0. The molecule has 0 aliphatic rings. The topological polar surface area (TPSA) is 90.9 Å². The number of aromatic nitrogens is 3. The summed E-state index contributed by atoms with van der Waals surface area (Å²) in [6, 6.07) is 5.37. The number of sulfonamides is 1. The molecule has 1 aromatic carbocycles. The average molecular weight is 315 g/mol. The van der Waals surface area contributed by atoms with Crippen molar-refractivity contribution in [3.63, 3.8) is 0 Å². The molecule has 0 spiro atoms. The molecule has 0 radical (unpaired) electrons. The first-order valence-corrected chi connectivity index (χ1v) is 8.00. The Morgan fingerprint density at radius 3 is 2.65 bits per heavy atom. The van der Waals surface area contributed by atoms with Crippen LogP contribution in [0, 0.1) is 6.92 Å². The second kappa shape index (κ2) is 5.51. The van der Waals surface area contributed by atoms with Gasteiger partial charge in [0.1, 0.15) is 0 Å². The molecule has 2 aromatic rings. The minimum absolute atomic E-state index is 0.228. The van der Waals surface area contributed by atoms with Crippen LogP contribution in [-0.2, 0) is 16.6 Å². The highest BCUT2D eigenvalue weighted by atomic mass is 35.5. The smallest absolute Gasteiger partial charge is 0.273 e. The lowest BCUT2D eigenvalue weighted by Gasteiger charge is -2.10. The molecule has 1 aromatic heterocycles. The molecule has 108 valence electrons. The first-order valence-electron chi connectivity index (χ1n) is 6.07. The van der Waals surface area contributed by atoms with E-state index < -0.39 is 10.0 Å². The summed E-state index contributed by atoms with van der Waals surface area (Å²) >= 11 is 6.09. The van der Waals surface area contributed by atoms with E-state index in [0.29, 0.717) is 17.4 Å². The van der Waals surface area contributed by atoms with Crippen LogP contribution in [0.4, 0.5) is 0 Å². The van der Waals surface area contributed by atoms with Gasteiger partial charge in [0.05, 0.1) is 0 Å². The van der Waals surface area contributed by atoms with Crippen molar-refractivity contribution in [2.24, 2.45) is 5.14 Å². The molecular weight excluding hydrogens is 300 g/mol. The molecule has 0 aliphatic heterocycles. The standard InChI is InChI=1S/C12H15ClN4O2S/c1-3-7-17-11(15-16-12(17)20(14,18)19)9-5-4-6-10(13)8(9)2/h4-6H,3,7H2,1-2H3,(H2,14,18,19). The Kier molecular flexibility index (Phi) is 4.12. The van der Waals surface area contributed by atoms with Gasteiger partial charge in [-0.2, -0.15) is 0 Å². The first-order chi connectivity index (χ1) is 9.36. The van der Waals surface area contributed by atoms with E-state index in [4.69, 9.17) is 16.7 Å². The fourth-order valence-electron chi connectivity index (χ4n) is 1.97. The zero-order valence-corrected chi connectivity index (χ0v) is 12.7. The maximum Gasteiger partial charge on any atom is 0.273 e. The third-order valence-corrected chi connectivity index (χ3v) is 4.15. The maximum absolute atomic E-state index is 11.6. The molecule has 2 N–H and O–H groups in total. The maximum atomic E-state index is 11.6. The van der Waals surface area contributed by atoms with Crippen molar-refractivity contribution in [3.05, 3.63) is 28.8 Å². The van der Waals surface area contributed by atoms with E-state index in [1.165, 1.54) is 4.57 Å². The van der Waals surface area contributed by atoms with Gasteiger partial charge in [0.2, 0.25) is 0 Å². The molecule has 0 atom stereocenters. The van der Waals surface area contributed by atoms with Crippen molar-refractivity contribution in [1.82, 2.24) is 14.8 Å². The predicted molar refractivity (Wildman–Crippen MR) is 76.9 cm³/mol. The monoisotopic (exact) mass is 314 g/mol. The minimum atomic E-state index is -3.91. The van der Waals surface area contributed by atoms with Crippen LogP contribution in [0.1, 0.15) is 18.9 Å². The molecule has 8 heteroatoms. The molecule has 2 rings (SSSR count). The highest BCUT2D eigenvalue weighted by Crippen LogP contribution is 2.28. The number of hydrogen-bond donors (Lipinski definition) is 1. The number of halogens is 1. The summed E-state index contributed by atoms with van der Waals surface area (Å²) in [5, 5.41) is 13.2. The zero-order valence-electron chi connectivity index (χ0n) is 11.2. The lowest BCUT2D eigenvalue weighted by molar-refractivity contribution is 0.559. The van der Waals surface area contributed by atoms with E-state index in [0.717, 1.165) is 17.5 Å². The van der Waals surface area contributed by atoms with Gasteiger partial charge in [-0.1, -0.05) is 30.7 Å². The van der Waals surface area contributed by atoms with E-state index in [1.54, 1.807) is 12.1 Å². The fourth-order valence-corrected chi connectivity index (χ4v) is 2.79. The third kappa shape index (κ3) is 2.70. The van der Waals surface area contributed by atoms with E-state index in [-0.39, 0.29) is 5.16 Å². The molecule has 0 saturated carbocycles. The molecule has 0 bridgehead atoms. The van der Waals surface area contributed by atoms with Crippen molar-refractivity contribution in [2.75, 3.05) is 0 Å². The van der Waals surface area contributed by atoms with Crippen LogP contribution in [-0.4, -0.2) is 23.2 Å². The van der Waals surface area contributed by atoms with Crippen molar-refractivity contribution in [1.29, 1.82) is 0 Å². The lowest BCUT2D eigenvalue weighted by Crippen LogP contribution is -2.19. The Balaban J connectivity index is 2.69. The quantitative estimate of drug-likeness (QED) is 0.934. The largest absolute Gasteiger partial charge is 0.297 e. The zero-order chi connectivity index (χ0) is 14.9. The van der Waals surface area contributed by atoms with Crippen LogP contribution in [0.5, 0.6) is 0 Å². The van der Waals surface area contributed by atoms with Crippen LogP contribution in [0.25, 0.3) is 11.4 Å². The van der Waals surface area contributed by atoms with Gasteiger partial charge in [0, 0.05) is 17.1 Å². The normalized spacial score (nSPS) is 11.8. The SMILES string of the molecule is CCCn1c(-c2cccc(Cl)c2C)nnc1S(N)(=O)=O. The number of benzene rings is 1.